The normalized spacial score (nSPS) is 13.2. The molecule has 2 atom stereocenters. The van der Waals surface area contributed by atoms with Crippen LogP contribution in [0.25, 0.3) is 0 Å². The van der Waals surface area contributed by atoms with E-state index in [4.69, 9.17) is 16.3 Å². The van der Waals surface area contributed by atoms with Gasteiger partial charge in [-0.05, 0) is 24.1 Å². The molecule has 2 N–H and O–H groups in total. The number of halogens is 1. The third kappa shape index (κ3) is 4.74. The van der Waals surface area contributed by atoms with E-state index in [-0.39, 0.29) is 5.92 Å². The number of nitrogens with one attached hydrogen (secondary N) is 2. The molecule has 1 aromatic rings. The zero-order valence-corrected chi connectivity index (χ0v) is 12.5. The van der Waals surface area contributed by atoms with Gasteiger partial charge in [0.15, 0.2) is 0 Å². The van der Waals surface area contributed by atoms with Gasteiger partial charge < -0.3 is 15.4 Å². The van der Waals surface area contributed by atoms with Crippen molar-refractivity contribution in [2.24, 2.45) is 5.92 Å². The highest BCUT2D eigenvalue weighted by molar-refractivity contribution is 6.30. The van der Waals surface area contributed by atoms with E-state index in [1.54, 1.807) is 24.3 Å². The number of methoxy groups -OCH3 is 1. The molecule has 0 bridgehead atoms. The van der Waals surface area contributed by atoms with E-state index in [9.17, 15) is 9.59 Å². The third-order valence-electron chi connectivity index (χ3n) is 3.04. The lowest BCUT2D eigenvalue weighted by Gasteiger charge is -2.22. The summed E-state index contributed by atoms with van der Waals surface area (Å²) in [6.45, 7) is 3.82. The van der Waals surface area contributed by atoms with Gasteiger partial charge in [-0.25, -0.2) is 9.59 Å². The summed E-state index contributed by atoms with van der Waals surface area (Å²) in [6, 6.07) is 5.62. The molecule has 0 aliphatic heterocycles. The monoisotopic (exact) mass is 298 g/mol. The van der Waals surface area contributed by atoms with Crippen molar-refractivity contribution in [3.8, 4) is 0 Å². The van der Waals surface area contributed by atoms with Crippen LogP contribution in [-0.2, 0) is 9.53 Å². The zero-order chi connectivity index (χ0) is 15.1. The molecule has 0 aliphatic carbocycles. The third-order valence-corrected chi connectivity index (χ3v) is 3.27. The summed E-state index contributed by atoms with van der Waals surface area (Å²) in [4.78, 5) is 23.6. The molecule has 0 radical (unpaired) electrons. The summed E-state index contributed by atoms with van der Waals surface area (Å²) in [5.41, 5.74) is 0.558. The number of carbonyl (C=O) groups excluding carboxylic acids is 2. The summed E-state index contributed by atoms with van der Waals surface area (Å²) < 4.78 is 4.70. The predicted octanol–water partition coefficient (Wildman–Crippen LogP) is 3.05. The lowest BCUT2D eigenvalue weighted by molar-refractivity contribution is -0.144. The fraction of sp³-hybridized carbons (Fsp3) is 0.429. The number of ether oxygens (including phenoxy) is 1. The van der Waals surface area contributed by atoms with Gasteiger partial charge in [0.2, 0.25) is 0 Å². The van der Waals surface area contributed by atoms with E-state index in [2.05, 4.69) is 10.6 Å². The van der Waals surface area contributed by atoms with Crippen LogP contribution in [0, 0.1) is 5.92 Å². The molecule has 1 rings (SSSR count). The van der Waals surface area contributed by atoms with Crippen LogP contribution in [0.2, 0.25) is 5.02 Å². The largest absolute Gasteiger partial charge is 0.467 e. The molecular weight excluding hydrogens is 280 g/mol. The fourth-order valence-corrected chi connectivity index (χ4v) is 1.86. The Hall–Kier alpha value is -1.75. The Labute approximate surface area is 123 Å². The number of esters is 1. The summed E-state index contributed by atoms with van der Waals surface area (Å²) in [7, 11) is 1.30. The highest BCUT2D eigenvalue weighted by Gasteiger charge is 2.26. The van der Waals surface area contributed by atoms with Crippen molar-refractivity contribution in [3.63, 3.8) is 0 Å². The molecule has 5 nitrogen and oxygen atoms in total. The fourth-order valence-electron chi connectivity index (χ4n) is 1.67. The lowest BCUT2D eigenvalue weighted by Crippen LogP contribution is -2.47. The molecule has 0 saturated heterocycles. The number of amides is 2. The molecule has 0 unspecified atom stereocenters. The minimum atomic E-state index is -0.677. The van der Waals surface area contributed by atoms with E-state index < -0.39 is 18.0 Å². The minimum Gasteiger partial charge on any atom is -0.467 e. The van der Waals surface area contributed by atoms with Crippen molar-refractivity contribution in [2.75, 3.05) is 12.4 Å². The standard InChI is InChI=1S/C14H19ClN2O3/c1-4-9(2)12(13(18)20-3)17-14(19)16-11-7-5-6-10(15)8-11/h5-9,12H,4H2,1-3H3,(H2,16,17,19)/t9-,12-/m1/s1. The van der Waals surface area contributed by atoms with Gasteiger partial charge in [-0.15, -0.1) is 0 Å². The topological polar surface area (TPSA) is 67.4 Å². The van der Waals surface area contributed by atoms with Crippen LogP contribution in [0.3, 0.4) is 0 Å². The second-order valence-corrected chi connectivity index (χ2v) is 4.93. The number of rotatable bonds is 5. The number of hydrogen-bond acceptors (Lipinski definition) is 3. The average Bonchev–Trinajstić information content (AvgIpc) is 2.43. The maximum absolute atomic E-state index is 11.9. The Morgan fingerprint density at radius 1 is 1.40 bits per heavy atom. The molecule has 6 heteroatoms. The Morgan fingerprint density at radius 2 is 2.10 bits per heavy atom. The molecule has 110 valence electrons. The van der Waals surface area contributed by atoms with Gasteiger partial charge in [0.05, 0.1) is 7.11 Å². The highest BCUT2D eigenvalue weighted by atomic mass is 35.5. The van der Waals surface area contributed by atoms with Crippen molar-refractivity contribution >= 4 is 29.3 Å². The average molecular weight is 299 g/mol. The van der Waals surface area contributed by atoms with Crippen molar-refractivity contribution in [1.29, 1.82) is 0 Å². The van der Waals surface area contributed by atoms with Gasteiger partial charge in [0, 0.05) is 10.7 Å². The first-order valence-corrected chi connectivity index (χ1v) is 6.76. The summed E-state index contributed by atoms with van der Waals surface area (Å²) in [5, 5.41) is 5.77. The molecule has 2 amide bonds. The molecular formula is C14H19ClN2O3. The lowest BCUT2D eigenvalue weighted by atomic mass is 9.99. The molecule has 0 aliphatic rings. The van der Waals surface area contributed by atoms with Gasteiger partial charge >= 0.3 is 12.0 Å². The van der Waals surface area contributed by atoms with Crippen LogP contribution in [0.15, 0.2) is 24.3 Å². The summed E-state index contributed by atoms with van der Waals surface area (Å²) in [5.74, 6) is -0.479. The van der Waals surface area contributed by atoms with E-state index >= 15 is 0 Å². The summed E-state index contributed by atoms with van der Waals surface area (Å²) >= 11 is 5.83. The van der Waals surface area contributed by atoms with Crippen molar-refractivity contribution < 1.29 is 14.3 Å². The van der Waals surface area contributed by atoms with Crippen molar-refractivity contribution in [1.82, 2.24) is 5.32 Å². The first kappa shape index (κ1) is 16.3. The van der Waals surface area contributed by atoms with Crippen LogP contribution >= 0.6 is 11.6 Å². The van der Waals surface area contributed by atoms with Crippen LogP contribution in [0.5, 0.6) is 0 Å². The van der Waals surface area contributed by atoms with Gasteiger partial charge in [0.1, 0.15) is 6.04 Å². The first-order valence-electron chi connectivity index (χ1n) is 6.38. The van der Waals surface area contributed by atoms with E-state index in [0.29, 0.717) is 10.7 Å². The number of urea groups is 1. The van der Waals surface area contributed by atoms with Crippen molar-refractivity contribution in [2.45, 2.75) is 26.3 Å². The van der Waals surface area contributed by atoms with E-state index in [0.717, 1.165) is 6.42 Å². The van der Waals surface area contributed by atoms with Crippen LogP contribution in [0.4, 0.5) is 10.5 Å². The molecule has 0 saturated carbocycles. The van der Waals surface area contributed by atoms with Gasteiger partial charge in [-0.1, -0.05) is 37.9 Å². The molecule has 0 fully saturated rings. The summed E-state index contributed by atoms with van der Waals surface area (Å²) in [6.07, 6.45) is 0.747. The van der Waals surface area contributed by atoms with Gasteiger partial charge in [-0.2, -0.15) is 0 Å². The second kappa shape index (κ2) is 7.75. The predicted molar refractivity (Wildman–Crippen MR) is 78.9 cm³/mol. The second-order valence-electron chi connectivity index (χ2n) is 4.50. The zero-order valence-electron chi connectivity index (χ0n) is 11.8. The molecule has 20 heavy (non-hydrogen) atoms. The van der Waals surface area contributed by atoms with Crippen LogP contribution < -0.4 is 10.6 Å². The van der Waals surface area contributed by atoms with E-state index in [1.807, 2.05) is 13.8 Å². The Balaban J connectivity index is 2.69. The Bertz CT molecular complexity index is 479. The smallest absolute Gasteiger partial charge is 0.328 e. The number of benzene rings is 1. The van der Waals surface area contributed by atoms with Crippen molar-refractivity contribution in [3.05, 3.63) is 29.3 Å². The Morgan fingerprint density at radius 3 is 2.65 bits per heavy atom. The molecule has 0 aromatic heterocycles. The highest BCUT2D eigenvalue weighted by Crippen LogP contribution is 2.15. The van der Waals surface area contributed by atoms with Crippen LogP contribution in [-0.4, -0.2) is 25.2 Å². The van der Waals surface area contributed by atoms with Gasteiger partial charge in [-0.3, -0.25) is 0 Å². The quantitative estimate of drug-likeness (QED) is 0.821. The van der Waals surface area contributed by atoms with E-state index in [1.165, 1.54) is 7.11 Å². The maximum Gasteiger partial charge on any atom is 0.328 e. The molecule has 1 aromatic carbocycles. The Kier molecular flexibility index (Phi) is 6.31. The maximum atomic E-state index is 11.9. The SMILES string of the molecule is CC[C@@H](C)[C@@H](NC(=O)Nc1cccc(Cl)c1)C(=O)OC. The van der Waals surface area contributed by atoms with Crippen LogP contribution in [0.1, 0.15) is 20.3 Å². The van der Waals surface area contributed by atoms with Gasteiger partial charge in [0.25, 0.3) is 0 Å². The number of carbonyl (C=O) groups is 2. The minimum absolute atomic E-state index is 0.0208. The first-order chi connectivity index (χ1) is 9.47. The number of hydrogen-bond donors (Lipinski definition) is 2. The molecule has 0 heterocycles. The number of anilines is 1. The molecule has 0 spiro atoms.